The third kappa shape index (κ3) is 5.08. The Morgan fingerprint density at radius 1 is 1.24 bits per heavy atom. The van der Waals surface area contributed by atoms with Gasteiger partial charge in [-0.05, 0) is 52.5 Å². The van der Waals surface area contributed by atoms with Gasteiger partial charge in [-0.15, -0.1) is 11.3 Å². The van der Waals surface area contributed by atoms with E-state index >= 15 is 0 Å². The first kappa shape index (κ1) is 23.4. The molecule has 0 aliphatic heterocycles. The molecule has 4 rings (SSSR count). The number of thiazole rings is 1. The third-order valence-electron chi connectivity index (χ3n) is 6.32. The molecule has 176 valence electrons. The van der Waals surface area contributed by atoms with E-state index in [1.54, 1.807) is 18.0 Å². The Hall–Kier alpha value is -2.81. The number of fused-ring (bicyclic) bond motifs is 1. The van der Waals surface area contributed by atoms with Gasteiger partial charge in [0.2, 0.25) is 0 Å². The molecule has 3 aromatic rings. The number of carbonyl (C=O) groups is 2. The number of rotatable bonds is 7. The first-order chi connectivity index (χ1) is 15.8. The first-order valence-electron chi connectivity index (χ1n) is 11.6. The fourth-order valence-corrected chi connectivity index (χ4v) is 5.35. The minimum Gasteiger partial charge on any atom is -0.453 e. The smallest absolute Gasteiger partial charge is 0.306 e. The van der Waals surface area contributed by atoms with E-state index in [2.05, 4.69) is 15.1 Å². The molecule has 1 amide bonds. The van der Waals surface area contributed by atoms with Crippen molar-refractivity contribution in [2.75, 3.05) is 4.90 Å². The lowest BCUT2D eigenvalue weighted by molar-refractivity contribution is -0.154. The van der Waals surface area contributed by atoms with Crippen molar-refractivity contribution in [1.82, 2.24) is 19.6 Å². The first-order valence-corrected chi connectivity index (χ1v) is 12.5. The molecule has 0 spiro atoms. The van der Waals surface area contributed by atoms with Gasteiger partial charge in [0.1, 0.15) is 0 Å². The lowest BCUT2D eigenvalue weighted by Crippen LogP contribution is -2.47. The van der Waals surface area contributed by atoms with Gasteiger partial charge in [0.15, 0.2) is 16.9 Å². The zero-order chi connectivity index (χ0) is 23.5. The summed E-state index contributed by atoms with van der Waals surface area (Å²) in [5.41, 5.74) is 4.53. The number of hydrogen-bond donors (Lipinski definition) is 0. The molecule has 33 heavy (non-hydrogen) atoms. The monoisotopic (exact) mass is 469 g/mol. The average molecular weight is 470 g/mol. The quantitative estimate of drug-likeness (QED) is 0.478. The summed E-state index contributed by atoms with van der Waals surface area (Å²) in [5.74, 6) is -0.596. The predicted molar refractivity (Wildman–Crippen MR) is 128 cm³/mol. The minimum atomic E-state index is -0.861. The summed E-state index contributed by atoms with van der Waals surface area (Å²) in [6, 6.07) is 2.05. The number of amides is 1. The zero-order valence-corrected chi connectivity index (χ0v) is 20.5. The summed E-state index contributed by atoms with van der Waals surface area (Å²) in [5, 5.41) is 7.03. The molecule has 8 nitrogen and oxygen atoms in total. The Bertz CT molecular complexity index is 1130. The van der Waals surface area contributed by atoms with E-state index in [1.165, 1.54) is 17.8 Å². The van der Waals surface area contributed by atoms with Gasteiger partial charge in [0.25, 0.3) is 5.91 Å². The second kappa shape index (κ2) is 9.99. The standard InChI is InChI=1S/C24H31N5O3S/c1-15-14-21-26-16(2)20(17(3)29(21)27-15)10-11-22(30)32-18(4)23(31)28(24-25-12-13-33-24)19-8-6-5-7-9-19/h12-14,18-19H,5-11H2,1-4H3. The number of aromatic nitrogens is 4. The Balaban J connectivity index is 1.41. The highest BCUT2D eigenvalue weighted by atomic mass is 32.1. The van der Waals surface area contributed by atoms with Crippen LogP contribution in [0.25, 0.3) is 5.65 Å². The number of hydrogen-bond acceptors (Lipinski definition) is 7. The van der Waals surface area contributed by atoms with Gasteiger partial charge in [-0.25, -0.2) is 14.5 Å². The molecule has 0 aromatic carbocycles. The summed E-state index contributed by atoms with van der Waals surface area (Å²) < 4.78 is 7.39. The van der Waals surface area contributed by atoms with E-state index < -0.39 is 12.1 Å². The fraction of sp³-hybridized carbons (Fsp3) is 0.542. The Labute approximate surface area is 198 Å². The Morgan fingerprint density at radius 3 is 2.70 bits per heavy atom. The maximum atomic E-state index is 13.3. The van der Waals surface area contributed by atoms with Crippen LogP contribution in [0.3, 0.4) is 0 Å². The van der Waals surface area contributed by atoms with Crippen LogP contribution in [0.2, 0.25) is 0 Å². The number of aryl methyl sites for hydroxylation is 3. The molecule has 0 N–H and O–H groups in total. The summed E-state index contributed by atoms with van der Waals surface area (Å²) in [7, 11) is 0. The van der Waals surface area contributed by atoms with E-state index in [1.807, 2.05) is 36.7 Å². The van der Waals surface area contributed by atoms with E-state index in [-0.39, 0.29) is 18.4 Å². The topological polar surface area (TPSA) is 89.7 Å². The van der Waals surface area contributed by atoms with Crippen LogP contribution >= 0.6 is 11.3 Å². The van der Waals surface area contributed by atoms with Crippen LogP contribution in [0.15, 0.2) is 17.6 Å². The van der Waals surface area contributed by atoms with Crippen LogP contribution in [0.5, 0.6) is 0 Å². The molecule has 3 heterocycles. The van der Waals surface area contributed by atoms with Gasteiger partial charge < -0.3 is 4.74 Å². The van der Waals surface area contributed by atoms with Crippen molar-refractivity contribution >= 4 is 34.0 Å². The van der Waals surface area contributed by atoms with Gasteiger partial charge in [0.05, 0.1) is 5.69 Å². The van der Waals surface area contributed by atoms with E-state index in [4.69, 9.17) is 4.74 Å². The van der Waals surface area contributed by atoms with E-state index in [9.17, 15) is 9.59 Å². The van der Waals surface area contributed by atoms with Crippen LogP contribution in [-0.4, -0.2) is 43.6 Å². The van der Waals surface area contributed by atoms with Crippen LogP contribution in [0.1, 0.15) is 68.1 Å². The number of esters is 1. The fourth-order valence-electron chi connectivity index (χ4n) is 4.64. The SMILES string of the molecule is Cc1cc2nc(C)c(CCC(=O)OC(C)C(=O)N(c3nccs3)C3CCCCC3)c(C)n2n1. The second-order valence-corrected chi connectivity index (χ2v) is 9.64. The van der Waals surface area contributed by atoms with Crippen molar-refractivity contribution in [2.24, 2.45) is 0 Å². The molecule has 1 fully saturated rings. The highest BCUT2D eigenvalue weighted by molar-refractivity contribution is 7.13. The molecule has 1 aliphatic carbocycles. The third-order valence-corrected chi connectivity index (χ3v) is 7.09. The van der Waals surface area contributed by atoms with E-state index in [0.717, 1.165) is 54.0 Å². The predicted octanol–water partition coefficient (Wildman–Crippen LogP) is 4.34. The zero-order valence-electron chi connectivity index (χ0n) is 19.7. The molecular formula is C24H31N5O3S. The van der Waals surface area contributed by atoms with Crippen LogP contribution < -0.4 is 4.90 Å². The Kier molecular flexibility index (Phi) is 7.07. The lowest BCUT2D eigenvalue weighted by atomic mass is 9.94. The minimum absolute atomic E-state index is 0.110. The molecule has 3 aromatic heterocycles. The highest BCUT2D eigenvalue weighted by Crippen LogP contribution is 2.29. The highest BCUT2D eigenvalue weighted by Gasteiger charge is 2.33. The normalized spacial score (nSPS) is 15.5. The van der Waals surface area contributed by atoms with Crippen molar-refractivity contribution in [2.45, 2.75) is 84.8 Å². The van der Waals surface area contributed by atoms with Crippen molar-refractivity contribution < 1.29 is 14.3 Å². The Morgan fingerprint density at radius 2 is 2.00 bits per heavy atom. The molecule has 0 radical (unpaired) electrons. The number of anilines is 1. The summed E-state index contributed by atoms with van der Waals surface area (Å²) in [6.07, 6.45) is 6.79. The van der Waals surface area contributed by atoms with Gasteiger partial charge in [-0.2, -0.15) is 5.10 Å². The van der Waals surface area contributed by atoms with Gasteiger partial charge >= 0.3 is 5.97 Å². The van der Waals surface area contributed by atoms with Crippen LogP contribution in [0, 0.1) is 20.8 Å². The van der Waals surface area contributed by atoms with Crippen molar-refractivity contribution in [1.29, 1.82) is 0 Å². The average Bonchev–Trinajstić information content (AvgIpc) is 3.44. The van der Waals surface area contributed by atoms with Gasteiger partial charge in [0, 0.05) is 41.5 Å². The summed E-state index contributed by atoms with van der Waals surface area (Å²) in [4.78, 5) is 36.7. The van der Waals surface area contributed by atoms with E-state index in [0.29, 0.717) is 11.6 Å². The molecule has 9 heteroatoms. The largest absolute Gasteiger partial charge is 0.453 e. The van der Waals surface area contributed by atoms with Crippen LogP contribution in [-0.2, 0) is 20.7 Å². The summed E-state index contributed by atoms with van der Waals surface area (Å²) in [6.45, 7) is 7.51. The second-order valence-electron chi connectivity index (χ2n) is 8.76. The van der Waals surface area contributed by atoms with Gasteiger partial charge in [-0.3, -0.25) is 14.5 Å². The number of nitrogens with zero attached hydrogens (tertiary/aromatic N) is 5. The van der Waals surface area contributed by atoms with Crippen molar-refractivity contribution in [3.8, 4) is 0 Å². The molecule has 1 aliphatic rings. The molecule has 0 bridgehead atoms. The molecule has 1 unspecified atom stereocenters. The molecular weight excluding hydrogens is 438 g/mol. The molecule has 1 atom stereocenters. The lowest BCUT2D eigenvalue weighted by Gasteiger charge is -2.33. The van der Waals surface area contributed by atoms with Crippen molar-refractivity contribution in [3.63, 3.8) is 0 Å². The maximum Gasteiger partial charge on any atom is 0.306 e. The molecule has 0 saturated heterocycles. The summed E-state index contributed by atoms with van der Waals surface area (Å²) >= 11 is 1.44. The number of carbonyl (C=O) groups excluding carboxylic acids is 2. The molecule has 1 saturated carbocycles. The number of ether oxygens (including phenoxy) is 1. The van der Waals surface area contributed by atoms with Gasteiger partial charge in [-0.1, -0.05) is 19.3 Å². The van der Waals surface area contributed by atoms with Crippen molar-refractivity contribution in [3.05, 3.63) is 40.3 Å². The van der Waals surface area contributed by atoms with Crippen LogP contribution in [0.4, 0.5) is 5.13 Å². The maximum absolute atomic E-state index is 13.3.